The van der Waals surface area contributed by atoms with Crippen molar-refractivity contribution >= 4 is 5.88 Å². The van der Waals surface area contributed by atoms with Crippen molar-refractivity contribution in [2.24, 2.45) is 5.92 Å². The number of anilines is 1. The summed E-state index contributed by atoms with van der Waals surface area (Å²) >= 11 is 0. The van der Waals surface area contributed by atoms with Crippen molar-refractivity contribution in [3.05, 3.63) is 11.3 Å². The molecule has 1 aromatic rings. The number of ether oxygens (including phenoxy) is 1. The summed E-state index contributed by atoms with van der Waals surface area (Å²) < 4.78 is 10.7. The Bertz CT molecular complexity index is 327. The smallest absolute Gasteiger partial charge is 0.225 e. The quantitative estimate of drug-likeness (QED) is 0.831. The molecule has 0 bridgehead atoms. The number of aromatic nitrogens is 1. The first-order chi connectivity index (χ1) is 7.18. The van der Waals surface area contributed by atoms with Crippen molar-refractivity contribution in [2.75, 3.05) is 12.3 Å². The Hall–Kier alpha value is -1.03. The van der Waals surface area contributed by atoms with E-state index < -0.39 is 0 Å². The first kappa shape index (κ1) is 10.5. The molecule has 0 aliphatic carbocycles. The lowest BCUT2D eigenvalue weighted by Crippen LogP contribution is -2.04. The third-order valence-electron chi connectivity index (χ3n) is 2.70. The standard InChI is InChI=1S/C11H18N2O2/c1-7(2)6-8-10(13-15-11(8)12)9-4-3-5-14-9/h7,9H,3-6,12H2,1-2H3. The van der Waals surface area contributed by atoms with Crippen LogP contribution < -0.4 is 5.73 Å². The fraction of sp³-hybridized carbons (Fsp3) is 0.727. The predicted octanol–water partition coefficient (Wildman–Crippen LogP) is 2.31. The van der Waals surface area contributed by atoms with Crippen LogP contribution >= 0.6 is 0 Å². The summed E-state index contributed by atoms with van der Waals surface area (Å²) in [5.41, 5.74) is 7.73. The molecule has 1 aromatic heterocycles. The lowest BCUT2D eigenvalue weighted by atomic mass is 10.00. The zero-order valence-corrected chi connectivity index (χ0v) is 9.32. The molecule has 1 atom stereocenters. The molecule has 84 valence electrons. The molecule has 0 amide bonds. The highest BCUT2D eigenvalue weighted by Crippen LogP contribution is 2.33. The van der Waals surface area contributed by atoms with Gasteiger partial charge in [0.05, 0.1) is 0 Å². The Labute approximate surface area is 89.8 Å². The number of nitrogens with two attached hydrogens (primary N) is 1. The summed E-state index contributed by atoms with van der Waals surface area (Å²) in [4.78, 5) is 0. The lowest BCUT2D eigenvalue weighted by molar-refractivity contribution is 0.105. The molecular formula is C11H18N2O2. The van der Waals surface area contributed by atoms with Gasteiger partial charge >= 0.3 is 0 Å². The molecule has 1 aliphatic heterocycles. The molecule has 2 heterocycles. The van der Waals surface area contributed by atoms with Crippen LogP contribution in [0.5, 0.6) is 0 Å². The Kier molecular flexibility index (Phi) is 2.95. The molecule has 1 saturated heterocycles. The summed E-state index contributed by atoms with van der Waals surface area (Å²) in [6.07, 6.45) is 3.12. The summed E-state index contributed by atoms with van der Waals surface area (Å²) in [6.45, 7) is 5.13. The van der Waals surface area contributed by atoms with Crippen molar-refractivity contribution in [3.8, 4) is 0 Å². The maximum atomic E-state index is 5.77. The molecule has 15 heavy (non-hydrogen) atoms. The molecule has 1 aliphatic rings. The van der Waals surface area contributed by atoms with Crippen LogP contribution in [0.3, 0.4) is 0 Å². The minimum Gasteiger partial charge on any atom is -0.372 e. The van der Waals surface area contributed by atoms with Gasteiger partial charge in [0.1, 0.15) is 11.8 Å². The normalized spacial score (nSPS) is 21.4. The van der Waals surface area contributed by atoms with Crippen LogP contribution in [0.1, 0.15) is 44.1 Å². The SMILES string of the molecule is CC(C)Cc1c(C2CCCO2)noc1N. The van der Waals surface area contributed by atoms with Crippen LogP contribution in [-0.2, 0) is 11.2 Å². The van der Waals surface area contributed by atoms with Crippen molar-refractivity contribution in [2.45, 2.75) is 39.2 Å². The maximum Gasteiger partial charge on any atom is 0.225 e. The highest BCUT2D eigenvalue weighted by molar-refractivity contribution is 5.40. The van der Waals surface area contributed by atoms with Crippen LogP contribution in [-0.4, -0.2) is 11.8 Å². The highest BCUT2D eigenvalue weighted by atomic mass is 16.5. The molecule has 2 N–H and O–H groups in total. The average molecular weight is 210 g/mol. The largest absolute Gasteiger partial charge is 0.372 e. The van der Waals surface area contributed by atoms with Gasteiger partial charge in [0.25, 0.3) is 0 Å². The second-order valence-corrected chi connectivity index (χ2v) is 4.51. The molecule has 2 rings (SSSR count). The van der Waals surface area contributed by atoms with Crippen LogP contribution in [0.2, 0.25) is 0 Å². The molecule has 1 unspecified atom stereocenters. The molecule has 4 nitrogen and oxygen atoms in total. The average Bonchev–Trinajstić information content (AvgIpc) is 2.76. The van der Waals surface area contributed by atoms with Gasteiger partial charge in [-0.05, 0) is 25.2 Å². The molecule has 0 aromatic carbocycles. The second kappa shape index (κ2) is 4.23. The van der Waals surface area contributed by atoms with Crippen molar-refractivity contribution in [3.63, 3.8) is 0 Å². The van der Waals surface area contributed by atoms with E-state index in [4.69, 9.17) is 15.0 Å². The van der Waals surface area contributed by atoms with Gasteiger partial charge < -0.3 is 15.0 Å². The van der Waals surface area contributed by atoms with Crippen LogP contribution in [0.4, 0.5) is 5.88 Å². The summed E-state index contributed by atoms with van der Waals surface area (Å²) in [5, 5.41) is 4.03. The highest BCUT2D eigenvalue weighted by Gasteiger charge is 2.26. The number of rotatable bonds is 3. The molecule has 0 saturated carbocycles. The maximum absolute atomic E-state index is 5.77. The second-order valence-electron chi connectivity index (χ2n) is 4.51. The third-order valence-corrected chi connectivity index (χ3v) is 2.70. The zero-order chi connectivity index (χ0) is 10.8. The van der Waals surface area contributed by atoms with Gasteiger partial charge in [-0.25, -0.2) is 0 Å². The van der Waals surface area contributed by atoms with Crippen molar-refractivity contribution in [1.82, 2.24) is 5.16 Å². The van der Waals surface area contributed by atoms with Crippen molar-refractivity contribution in [1.29, 1.82) is 0 Å². The fourth-order valence-electron chi connectivity index (χ4n) is 1.99. The van der Waals surface area contributed by atoms with E-state index in [0.29, 0.717) is 11.8 Å². The Morgan fingerprint density at radius 1 is 1.53 bits per heavy atom. The third kappa shape index (κ3) is 2.15. The van der Waals surface area contributed by atoms with E-state index in [1.807, 2.05) is 0 Å². The number of nitrogen functional groups attached to an aromatic ring is 1. The van der Waals surface area contributed by atoms with E-state index in [1.165, 1.54) is 0 Å². The minimum atomic E-state index is 0.0970. The van der Waals surface area contributed by atoms with Crippen molar-refractivity contribution < 1.29 is 9.26 Å². The van der Waals surface area contributed by atoms with Gasteiger partial charge in [0.2, 0.25) is 5.88 Å². The monoisotopic (exact) mass is 210 g/mol. The van der Waals surface area contributed by atoms with Gasteiger partial charge in [-0.15, -0.1) is 0 Å². The lowest BCUT2D eigenvalue weighted by Gasteiger charge is -2.09. The van der Waals surface area contributed by atoms with E-state index >= 15 is 0 Å². The minimum absolute atomic E-state index is 0.0970. The number of nitrogens with zero attached hydrogens (tertiary/aromatic N) is 1. The summed E-state index contributed by atoms with van der Waals surface area (Å²) in [7, 11) is 0. The predicted molar refractivity (Wildman–Crippen MR) is 57.4 cm³/mol. The van der Waals surface area contributed by atoms with Crippen LogP contribution in [0.25, 0.3) is 0 Å². The zero-order valence-electron chi connectivity index (χ0n) is 9.32. The van der Waals surface area contributed by atoms with E-state index in [2.05, 4.69) is 19.0 Å². The first-order valence-corrected chi connectivity index (χ1v) is 5.54. The molecular weight excluding hydrogens is 192 g/mol. The Morgan fingerprint density at radius 3 is 2.93 bits per heavy atom. The van der Waals surface area contributed by atoms with E-state index in [9.17, 15) is 0 Å². The molecule has 4 heteroatoms. The molecule has 0 spiro atoms. The molecule has 0 radical (unpaired) electrons. The van der Waals surface area contributed by atoms with Gasteiger partial charge in [-0.2, -0.15) is 0 Å². The fourth-order valence-corrected chi connectivity index (χ4v) is 1.99. The Morgan fingerprint density at radius 2 is 2.33 bits per heavy atom. The first-order valence-electron chi connectivity index (χ1n) is 5.54. The summed E-state index contributed by atoms with van der Waals surface area (Å²) in [6, 6.07) is 0. The number of hydrogen-bond donors (Lipinski definition) is 1. The van der Waals surface area contributed by atoms with Gasteiger partial charge in [-0.1, -0.05) is 19.0 Å². The van der Waals surface area contributed by atoms with Crippen LogP contribution in [0.15, 0.2) is 4.52 Å². The van der Waals surface area contributed by atoms with E-state index in [-0.39, 0.29) is 6.10 Å². The van der Waals surface area contributed by atoms with Gasteiger partial charge in [0.15, 0.2) is 0 Å². The van der Waals surface area contributed by atoms with Gasteiger partial charge in [0, 0.05) is 12.2 Å². The van der Waals surface area contributed by atoms with Crippen LogP contribution in [0, 0.1) is 5.92 Å². The van der Waals surface area contributed by atoms with E-state index in [1.54, 1.807) is 0 Å². The van der Waals surface area contributed by atoms with E-state index in [0.717, 1.165) is 37.1 Å². The van der Waals surface area contributed by atoms with Gasteiger partial charge in [-0.3, -0.25) is 0 Å². The molecule has 1 fully saturated rings. The summed E-state index contributed by atoms with van der Waals surface area (Å²) in [5.74, 6) is 1.00. The Balaban J connectivity index is 2.22. The topological polar surface area (TPSA) is 61.3 Å². The number of hydrogen-bond acceptors (Lipinski definition) is 4.